The Balaban J connectivity index is 2.40. The predicted octanol–water partition coefficient (Wildman–Crippen LogP) is 4.18. The molecule has 0 aliphatic heterocycles. The molecule has 0 bridgehead atoms. The molecule has 0 fully saturated rings. The number of H-pyrrole nitrogens is 1. The number of alkyl halides is 3. The normalized spacial score (nSPS) is 11.8. The number of fused-ring (bicyclic) bond motifs is 1. The molecule has 29 heavy (non-hydrogen) atoms. The fraction of sp³-hybridized carbons (Fsp3) is 0.316. The lowest BCUT2D eigenvalue weighted by molar-refractivity contribution is -0.136. The summed E-state index contributed by atoms with van der Waals surface area (Å²) in [6.45, 7) is 0.611. The summed E-state index contributed by atoms with van der Waals surface area (Å²) in [6, 6.07) is 7.45. The van der Waals surface area contributed by atoms with Gasteiger partial charge in [0.15, 0.2) is 4.77 Å². The fourth-order valence-electron chi connectivity index (χ4n) is 3.07. The first-order chi connectivity index (χ1) is 13.8. The summed E-state index contributed by atoms with van der Waals surface area (Å²) in [5.41, 5.74) is -1.75. The Morgan fingerprint density at radius 3 is 2.62 bits per heavy atom. The number of hydrogen-bond donors (Lipinski definition) is 1. The molecule has 0 aliphatic rings. The first-order valence-corrected chi connectivity index (χ1v) is 9.06. The monoisotopic (exact) mass is 425 g/mol. The zero-order valence-electron chi connectivity index (χ0n) is 15.7. The van der Waals surface area contributed by atoms with E-state index in [4.69, 9.17) is 21.7 Å². The third-order valence-electron chi connectivity index (χ3n) is 4.37. The third kappa shape index (κ3) is 4.18. The molecule has 0 spiro atoms. The number of halogens is 3. The van der Waals surface area contributed by atoms with Crippen LogP contribution in [0.3, 0.4) is 0 Å². The summed E-state index contributed by atoms with van der Waals surface area (Å²) < 4.78 is 53.2. The molecule has 0 atom stereocenters. The Kier molecular flexibility index (Phi) is 6.04. The molecule has 0 amide bonds. The van der Waals surface area contributed by atoms with Gasteiger partial charge in [0.1, 0.15) is 11.4 Å². The zero-order valence-corrected chi connectivity index (χ0v) is 16.5. The highest BCUT2D eigenvalue weighted by atomic mass is 32.1. The second kappa shape index (κ2) is 8.34. The zero-order chi connectivity index (χ0) is 21.2. The molecule has 0 radical (unpaired) electrons. The summed E-state index contributed by atoms with van der Waals surface area (Å²) in [7, 11) is 2.94. The van der Waals surface area contributed by atoms with E-state index in [0.29, 0.717) is 24.3 Å². The number of aromatic nitrogens is 3. The second-order valence-corrected chi connectivity index (χ2v) is 6.60. The van der Waals surface area contributed by atoms with Gasteiger partial charge in [-0.05, 0) is 36.8 Å². The maximum absolute atomic E-state index is 13.8. The molecule has 0 aliphatic carbocycles. The van der Waals surface area contributed by atoms with Crippen molar-refractivity contribution in [3.8, 4) is 17.0 Å². The molecule has 0 unspecified atom stereocenters. The van der Waals surface area contributed by atoms with E-state index in [0.717, 1.165) is 6.07 Å². The van der Waals surface area contributed by atoms with E-state index in [9.17, 15) is 18.0 Å². The van der Waals surface area contributed by atoms with Gasteiger partial charge in [0.2, 0.25) is 0 Å². The summed E-state index contributed by atoms with van der Waals surface area (Å²) in [5, 5.41) is -0.554. The molecule has 2 aromatic heterocycles. The van der Waals surface area contributed by atoms with Crippen molar-refractivity contribution in [2.45, 2.75) is 19.1 Å². The van der Waals surface area contributed by atoms with E-state index in [1.807, 2.05) is 0 Å². The van der Waals surface area contributed by atoms with Gasteiger partial charge in [0, 0.05) is 25.8 Å². The molecule has 10 heteroatoms. The van der Waals surface area contributed by atoms with Crippen molar-refractivity contribution in [3.63, 3.8) is 0 Å². The summed E-state index contributed by atoms with van der Waals surface area (Å²) in [5.74, 6) is 0.363. The molecule has 0 saturated heterocycles. The molecule has 2 heterocycles. The molecular formula is C19H18F3N3O3S. The molecule has 1 N–H and O–H groups in total. The summed E-state index contributed by atoms with van der Waals surface area (Å²) >= 11 is 5.18. The maximum atomic E-state index is 13.8. The molecule has 0 saturated carbocycles. The number of nitrogens with one attached hydrogen (secondary N) is 1. The Morgan fingerprint density at radius 2 is 1.97 bits per heavy atom. The molecular weight excluding hydrogens is 407 g/mol. The number of ether oxygens (including phenoxy) is 2. The summed E-state index contributed by atoms with van der Waals surface area (Å²) in [6.07, 6.45) is -4.29. The van der Waals surface area contributed by atoms with Gasteiger partial charge in [-0.1, -0.05) is 12.1 Å². The van der Waals surface area contributed by atoms with Gasteiger partial charge >= 0.3 is 6.18 Å². The largest absolute Gasteiger partial charge is 0.496 e. The van der Waals surface area contributed by atoms with Gasteiger partial charge in [-0.3, -0.25) is 9.78 Å². The van der Waals surface area contributed by atoms with Crippen molar-refractivity contribution >= 4 is 23.3 Å². The van der Waals surface area contributed by atoms with Crippen molar-refractivity contribution in [3.05, 3.63) is 51.0 Å². The average Bonchev–Trinajstić information content (AvgIpc) is 2.68. The van der Waals surface area contributed by atoms with Gasteiger partial charge in [0.05, 0.1) is 23.8 Å². The van der Waals surface area contributed by atoms with Crippen LogP contribution in [0.25, 0.3) is 22.3 Å². The van der Waals surface area contributed by atoms with Crippen molar-refractivity contribution in [2.75, 3.05) is 20.8 Å². The number of rotatable bonds is 6. The average molecular weight is 425 g/mol. The number of para-hydroxylation sites is 1. The van der Waals surface area contributed by atoms with Crippen LogP contribution < -0.4 is 10.3 Å². The number of benzene rings is 1. The lowest BCUT2D eigenvalue weighted by atomic mass is 10.1. The third-order valence-corrected chi connectivity index (χ3v) is 4.69. The number of hydrogen-bond acceptors (Lipinski definition) is 5. The lowest BCUT2D eigenvalue weighted by Crippen LogP contribution is -2.21. The highest BCUT2D eigenvalue weighted by molar-refractivity contribution is 7.71. The van der Waals surface area contributed by atoms with Gasteiger partial charge in [-0.25, -0.2) is 4.98 Å². The minimum atomic E-state index is -4.77. The minimum Gasteiger partial charge on any atom is -0.496 e. The minimum absolute atomic E-state index is 0.00333. The number of methoxy groups -OCH3 is 2. The summed E-state index contributed by atoms with van der Waals surface area (Å²) in [4.78, 5) is 19.1. The van der Waals surface area contributed by atoms with Crippen LogP contribution in [0.5, 0.6) is 5.75 Å². The Hall–Kier alpha value is -2.72. The number of nitrogens with zero attached hydrogens (tertiary/aromatic N) is 2. The van der Waals surface area contributed by atoms with E-state index in [1.165, 1.54) is 18.8 Å². The van der Waals surface area contributed by atoms with Gasteiger partial charge in [-0.15, -0.1) is 0 Å². The van der Waals surface area contributed by atoms with E-state index >= 15 is 0 Å². The van der Waals surface area contributed by atoms with Crippen LogP contribution in [0.15, 0.2) is 35.1 Å². The standard InChI is InChI=1S/C19H18F3N3O3S/c1-27-9-5-8-25-16-15(17(26)24-18(25)29)12(19(20,21)22)10-13(23-16)11-6-3-4-7-14(11)28-2/h3-4,6-7,10H,5,8-9H2,1-2H3,(H,24,26,29). The highest BCUT2D eigenvalue weighted by Crippen LogP contribution is 2.37. The molecule has 6 nitrogen and oxygen atoms in total. The highest BCUT2D eigenvalue weighted by Gasteiger charge is 2.35. The molecule has 3 aromatic rings. The van der Waals surface area contributed by atoms with Crippen LogP contribution >= 0.6 is 12.2 Å². The van der Waals surface area contributed by atoms with Crippen molar-refractivity contribution in [2.24, 2.45) is 0 Å². The van der Waals surface area contributed by atoms with Crippen molar-refractivity contribution in [1.29, 1.82) is 0 Å². The Morgan fingerprint density at radius 1 is 1.24 bits per heavy atom. The maximum Gasteiger partial charge on any atom is 0.417 e. The molecule has 3 rings (SSSR count). The first kappa shape index (κ1) is 21.0. The van der Waals surface area contributed by atoms with Gasteiger partial charge in [0.25, 0.3) is 5.56 Å². The van der Waals surface area contributed by atoms with Crippen LogP contribution in [0.1, 0.15) is 12.0 Å². The van der Waals surface area contributed by atoms with Crippen LogP contribution in [0.4, 0.5) is 13.2 Å². The van der Waals surface area contributed by atoms with Crippen molar-refractivity contribution < 1.29 is 22.6 Å². The SMILES string of the molecule is COCCCn1c(=S)[nH]c(=O)c2c(C(F)(F)F)cc(-c3ccccc3OC)nc21. The first-order valence-electron chi connectivity index (χ1n) is 8.65. The smallest absolute Gasteiger partial charge is 0.417 e. The number of aryl methyl sites for hydroxylation is 1. The lowest BCUT2D eigenvalue weighted by Gasteiger charge is -2.16. The van der Waals surface area contributed by atoms with E-state index < -0.39 is 22.7 Å². The molecule has 1 aromatic carbocycles. The number of aromatic amines is 1. The van der Waals surface area contributed by atoms with Gasteiger partial charge in [-0.2, -0.15) is 13.2 Å². The van der Waals surface area contributed by atoms with E-state index in [1.54, 1.807) is 24.3 Å². The number of pyridine rings is 1. The van der Waals surface area contributed by atoms with Crippen LogP contribution in [0.2, 0.25) is 0 Å². The predicted molar refractivity (Wildman–Crippen MR) is 105 cm³/mol. The topological polar surface area (TPSA) is 69.1 Å². The van der Waals surface area contributed by atoms with Crippen molar-refractivity contribution in [1.82, 2.24) is 14.5 Å². The van der Waals surface area contributed by atoms with Crippen LogP contribution in [0, 0.1) is 4.77 Å². The van der Waals surface area contributed by atoms with E-state index in [2.05, 4.69) is 9.97 Å². The fourth-order valence-corrected chi connectivity index (χ4v) is 3.34. The quantitative estimate of drug-likeness (QED) is 0.474. The molecule has 154 valence electrons. The Bertz CT molecular complexity index is 1160. The second-order valence-electron chi connectivity index (χ2n) is 6.21. The van der Waals surface area contributed by atoms with Gasteiger partial charge < -0.3 is 14.0 Å². The van der Waals surface area contributed by atoms with E-state index in [-0.39, 0.29) is 22.7 Å². The van der Waals surface area contributed by atoms with Crippen LogP contribution in [-0.4, -0.2) is 35.4 Å². The Labute approximate surface area is 168 Å². The van der Waals surface area contributed by atoms with Crippen LogP contribution in [-0.2, 0) is 17.5 Å².